The van der Waals surface area contributed by atoms with Crippen LogP contribution in [0.25, 0.3) is 0 Å². The molecule has 1 rings (SSSR count). The van der Waals surface area contributed by atoms with Crippen LogP contribution in [-0.2, 0) is 0 Å². The molecule has 1 unspecified atom stereocenters. The molecule has 0 amide bonds. The lowest BCUT2D eigenvalue weighted by Gasteiger charge is -2.11. The first-order valence-electron chi connectivity index (χ1n) is 4.55. The minimum absolute atomic E-state index is 0.100. The Morgan fingerprint density at radius 3 is 2.75 bits per heavy atom. The molecule has 0 aromatic heterocycles. The zero-order valence-corrected chi connectivity index (χ0v) is 9.79. The number of hydrogen-bond donors (Lipinski definition) is 3. The molecule has 1 aromatic rings. The molecule has 0 saturated carbocycles. The van der Waals surface area contributed by atoms with Crippen LogP contribution in [0.3, 0.4) is 0 Å². The lowest BCUT2D eigenvalue weighted by atomic mass is 10.2. The molecule has 0 bridgehead atoms. The Bertz CT molecular complexity index is 384. The number of carboxylic acid groups (broad SMARTS) is 1. The van der Waals surface area contributed by atoms with Gasteiger partial charge in [-0.15, -0.1) is 11.6 Å². The Morgan fingerprint density at radius 2 is 2.19 bits per heavy atom. The van der Waals surface area contributed by atoms with Crippen molar-refractivity contribution in [1.82, 2.24) is 0 Å². The highest BCUT2D eigenvalue weighted by Gasteiger charge is 2.08. The van der Waals surface area contributed by atoms with E-state index in [4.69, 9.17) is 28.3 Å². The van der Waals surface area contributed by atoms with Crippen LogP contribution in [0.1, 0.15) is 10.4 Å². The molecule has 0 heterocycles. The number of anilines is 1. The number of carbonyl (C=O) groups is 1. The van der Waals surface area contributed by atoms with Crippen LogP contribution < -0.4 is 5.32 Å². The zero-order chi connectivity index (χ0) is 12.1. The molecule has 0 fully saturated rings. The molecule has 88 valence electrons. The van der Waals surface area contributed by atoms with E-state index < -0.39 is 12.1 Å². The van der Waals surface area contributed by atoms with E-state index in [2.05, 4.69) is 5.32 Å². The van der Waals surface area contributed by atoms with Gasteiger partial charge in [0.05, 0.1) is 28.3 Å². The van der Waals surface area contributed by atoms with Gasteiger partial charge in [0.25, 0.3) is 0 Å². The third kappa shape index (κ3) is 3.56. The lowest BCUT2D eigenvalue weighted by Crippen LogP contribution is -2.21. The van der Waals surface area contributed by atoms with Gasteiger partial charge in [-0.3, -0.25) is 0 Å². The summed E-state index contributed by atoms with van der Waals surface area (Å²) in [6.45, 7) is 0.215. The van der Waals surface area contributed by atoms with Gasteiger partial charge in [-0.25, -0.2) is 4.79 Å². The second kappa shape index (κ2) is 5.94. The lowest BCUT2D eigenvalue weighted by molar-refractivity contribution is 0.0697. The molecule has 0 spiro atoms. The van der Waals surface area contributed by atoms with Crippen molar-refractivity contribution < 1.29 is 15.0 Å². The van der Waals surface area contributed by atoms with Crippen molar-refractivity contribution in [3.05, 3.63) is 28.8 Å². The van der Waals surface area contributed by atoms with Crippen molar-refractivity contribution >= 4 is 34.9 Å². The predicted molar refractivity (Wildman–Crippen MR) is 63.6 cm³/mol. The van der Waals surface area contributed by atoms with Crippen LogP contribution in [-0.4, -0.2) is 34.7 Å². The molecule has 6 heteroatoms. The summed E-state index contributed by atoms with van der Waals surface area (Å²) in [5.74, 6) is -0.930. The maximum absolute atomic E-state index is 10.7. The van der Waals surface area contributed by atoms with Crippen molar-refractivity contribution in [2.75, 3.05) is 17.7 Å². The smallest absolute Gasteiger partial charge is 0.335 e. The van der Waals surface area contributed by atoms with Gasteiger partial charge in [-0.2, -0.15) is 0 Å². The highest BCUT2D eigenvalue weighted by atomic mass is 35.5. The zero-order valence-electron chi connectivity index (χ0n) is 8.28. The molecular weight excluding hydrogens is 253 g/mol. The number of carboxylic acids is 1. The molecule has 1 atom stereocenters. The first kappa shape index (κ1) is 13.1. The number of nitrogens with one attached hydrogen (secondary N) is 1. The van der Waals surface area contributed by atoms with E-state index in [-0.39, 0.29) is 18.0 Å². The van der Waals surface area contributed by atoms with E-state index in [1.807, 2.05) is 0 Å². The van der Waals surface area contributed by atoms with Gasteiger partial charge in [-0.05, 0) is 18.2 Å². The second-order valence-electron chi connectivity index (χ2n) is 3.19. The molecule has 1 aromatic carbocycles. The van der Waals surface area contributed by atoms with Crippen molar-refractivity contribution in [1.29, 1.82) is 0 Å². The highest BCUT2D eigenvalue weighted by Crippen LogP contribution is 2.23. The SMILES string of the molecule is O=C(O)c1ccc(Cl)c(NCC(O)CCl)c1. The number of halogens is 2. The monoisotopic (exact) mass is 263 g/mol. The van der Waals surface area contributed by atoms with Gasteiger partial charge in [0.1, 0.15) is 0 Å². The van der Waals surface area contributed by atoms with E-state index in [0.29, 0.717) is 10.7 Å². The standard InChI is InChI=1S/C10H11Cl2NO3/c11-4-7(14)5-13-9-3-6(10(15)16)1-2-8(9)12/h1-3,7,13-14H,4-5H2,(H,15,16). The number of aliphatic hydroxyl groups is 1. The van der Waals surface area contributed by atoms with Crippen molar-refractivity contribution in [3.8, 4) is 0 Å². The van der Waals surface area contributed by atoms with Gasteiger partial charge in [-0.1, -0.05) is 11.6 Å². The predicted octanol–water partition coefficient (Wildman–Crippen LogP) is 2.05. The minimum atomic E-state index is -1.03. The fourth-order valence-corrected chi connectivity index (χ4v) is 1.37. The summed E-state index contributed by atoms with van der Waals surface area (Å²) < 4.78 is 0. The number of alkyl halides is 1. The third-order valence-corrected chi connectivity index (χ3v) is 2.61. The maximum Gasteiger partial charge on any atom is 0.335 e. The van der Waals surface area contributed by atoms with Crippen LogP contribution in [0.15, 0.2) is 18.2 Å². The van der Waals surface area contributed by atoms with E-state index in [9.17, 15) is 9.90 Å². The summed E-state index contributed by atoms with van der Waals surface area (Å²) in [5.41, 5.74) is 0.595. The number of hydrogen-bond acceptors (Lipinski definition) is 3. The van der Waals surface area contributed by atoms with Crippen LogP contribution in [0.4, 0.5) is 5.69 Å². The molecule has 4 nitrogen and oxygen atoms in total. The summed E-state index contributed by atoms with van der Waals surface area (Å²) in [4.78, 5) is 10.7. The fourth-order valence-electron chi connectivity index (χ4n) is 1.08. The molecule has 0 radical (unpaired) electrons. The second-order valence-corrected chi connectivity index (χ2v) is 3.90. The molecule has 0 saturated heterocycles. The van der Waals surface area contributed by atoms with Crippen molar-refractivity contribution in [2.45, 2.75) is 6.10 Å². The Balaban J connectivity index is 2.78. The van der Waals surface area contributed by atoms with Gasteiger partial charge in [0, 0.05) is 6.54 Å². The first-order valence-corrected chi connectivity index (χ1v) is 5.46. The molecule has 3 N–H and O–H groups in total. The van der Waals surface area contributed by atoms with E-state index in [0.717, 1.165) is 0 Å². The van der Waals surface area contributed by atoms with Crippen molar-refractivity contribution in [3.63, 3.8) is 0 Å². The molecule has 0 aliphatic rings. The topological polar surface area (TPSA) is 69.6 Å². The summed E-state index contributed by atoms with van der Waals surface area (Å²) in [7, 11) is 0. The summed E-state index contributed by atoms with van der Waals surface area (Å²) >= 11 is 11.3. The molecule has 0 aliphatic heterocycles. The normalized spacial score (nSPS) is 12.2. The summed E-state index contributed by atoms with van der Waals surface area (Å²) in [6.07, 6.45) is -0.703. The summed E-state index contributed by atoms with van der Waals surface area (Å²) in [5, 5.41) is 21.2. The summed E-state index contributed by atoms with van der Waals surface area (Å²) in [6, 6.07) is 4.31. The Kier molecular flexibility index (Phi) is 4.86. The molecule has 16 heavy (non-hydrogen) atoms. The Hall–Kier alpha value is -0.970. The minimum Gasteiger partial charge on any atom is -0.478 e. The fraction of sp³-hybridized carbons (Fsp3) is 0.300. The highest BCUT2D eigenvalue weighted by molar-refractivity contribution is 6.33. The number of benzene rings is 1. The van der Waals surface area contributed by atoms with E-state index in [1.165, 1.54) is 18.2 Å². The van der Waals surface area contributed by atoms with Gasteiger partial charge in [0.2, 0.25) is 0 Å². The van der Waals surface area contributed by atoms with Gasteiger partial charge in [0.15, 0.2) is 0 Å². The number of aromatic carboxylic acids is 1. The van der Waals surface area contributed by atoms with Gasteiger partial charge >= 0.3 is 5.97 Å². The van der Waals surface area contributed by atoms with Gasteiger partial charge < -0.3 is 15.5 Å². The van der Waals surface area contributed by atoms with Crippen LogP contribution in [0, 0.1) is 0 Å². The number of rotatable bonds is 5. The van der Waals surface area contributed by atoms with E-state index in [1.54, 1.807) is 0 Å². The average Bonchev–Trinajstić information content (AvgIpc) is 2.27. The maximum atomic E-state index is 10.7. The third-order valence-electron chi connectivity index (χ3n) is 1.92. The average molecular weight is 264 g/mol. The van der Waals surface area contributed by atoms with Crippen LogP contribution >= 0.6 is 23.2 Å². The Labute approximate surface area is 103 Å². The largest absolute Gasteiger partial charge is 0.478 e. The number of aliphatic hydroxyl groups excluding tert-OH is 1. The van der Waals surface area contributed by atoms with E-state index >= 15 is 0 Å². The Morgan fingerprint density at radius 1 is 1.50 bits per heavy atom. The van der Waals surface area contributed by atoms with Crippen molar-refractivity contribution in [2.24, 2.45) is 0 Å². The van der Waals surface area contributed by atoms with Crippen LogP contribution in [0.5, 0.6) is 0 Å². The quantitative estimate of drug-likeness (QED) is 0.712. The first-order chi connectivity index (χ1) is 7.54. The molecular formula is C10H11Cl2NO3. The molecule has 0 aliphatic carbocycles. The van der Waals surface area contributed by atoms with Crippen LogP contribution in [0.2, 0.25) is 5.02 Å².